The van der Waals surface area contributed by atoms with Gasteiger partial charge in [-0.15, -0.1) is 0 Å². The minimum atomic E-state index is -0.372. The van der Waals surface area contributed by atoms with Gasteiger partial charge < -0.3 is 14.2 Å². The summed E-state index contributed by atoms with van der Waals surface area (Å²) in [5, 5.41) is 0. The molecule has 5 nitrogen and oxygen atoms in total. The van der Waals surface area contributed by atoms with Gasteiger partial charge in [0, 0.05) is 6.42 Å². The average Bonchev–Trinajstić information content (AvgIpc) is 2.45. The lowest BCUT2D eigenvalue weighted by molar-refractivity contribution is -0.143. The molecule has 0 N–H and O–H groups in total. The fraction of sp³-hybridized carbons (Fsp3) is 0.429. The van der Waals surface area contributed by atoms with Crippen molar-refractivity contribution >= 4 is 11.9 Å². The summed E-state index contributed by atoms with van der Waals surface area (Å²) >= 11 is 0. The Hall–Kier alpha value is -2.04. The monoisotopic (exact) mass is 268 g/mol. The third-order valence-electron chi connectivity index (χ3n) is 2.18. The fourth-order valence-electron chi connectivity index (χ4n) is 1.06. The van der Waals surface area contributed by atoms with E-state index in [4.69, 9.17) is 4.74 Å². The van der Waals surface area contributed by atoms with Gasteiger partial charge in [-0.2, -0.15) is 0 Å². The average molecular weight is 268 g/mol. The lowest BCUT2D eigenvalue weighted by atomic mass is 10.2. The van der Waals surface area contributed by atoms with E-state index in [-0.39, 0.29) is 18.5 Å². The highest BCUT2D eigenvalue weighted by Gasteiger charge is 2.02. The minimum absolute atomic E-state index is 0.0403. The summed E-state index contributed by atoms with van der Waals surface area (Å²) in [5.41, 5.74) is 1.01. The quantitative estimate of drug-likeness (QED) is 0.783. The number of carbonyl (C=O) groups is 2. The van der Waals surface area contributed by atoms with Crippen molar-refractivity contribution in [2.45, 2.75) is 20.3 Å². The lowest BCUT2D eigenvalue weighted by Gasteiger charge is -2.06. The molecule has 0 saturated heterocycles. The molecule has 0 atom stereocenters. The van der Waals surface area contributed by atoms with Crippen molar-refractivity contribution in [1.29, 1.82) is 0 Å². The van der Waals surface area contributed by atoms with Crippen molar-refractivity contribution in [2.75, 3.05) is 20.8 Å². The standard InChI is InChI=1S/C10H12O3.C4H8O2/c1-8-5-3-4-6-9(8)13-7-10(11)12-2;1-3-4(5)6-2/h3-6H,7H2,1-2H3;3H2,1-2H3. The minimum Gasteiger partial charge on any atom is -0.482 e. The number of esters is 2. The van der Waals surface area contributed by atoms with Crippen molar-refractivity contribution in [3.05, 3.63) is 29.8 Å². The van der Waals surface area contributed by atoms with E-state index in [9.17, 15) is 9.59 Å². The molecule has 0 fully saturated rings. The highest BCUT2D eigenvalue weighted by Crippen LogP contribution is 2.15. The highest BCUT2D eigenvalue weighted by atomic mass is 16.6. The van der Waals surface area contributed by atoms with Crippen LogP contribution in [-0.4, -0.2) is 32.8 Å². The van der Waals surface area contributed by atoms with Crippen LogP contribution in [0.3, 0.4) is 0 Å². The second-order valence-corrected chi connectivity index (χ2v) is 3.56. The van der Waals surface area contributed by atoms with Crippen LogP contribution in [0.1, 0.15) is 18.9 Å². The zero-order valence-corrected chi connectivity index (χ0v) is 11.8. The number of benzene rings is 1. The zero-order valence-electron chi connectivity index (χ0n) is 11.8. The van der Waals surface area contributed by atoms with Crippen LogP contribution in [0.25, 0.3) is 0 Å². The Morgan fingerprint density at radius 1 is 1.05 bits per heavy atom. The number of carbonyl (C=O) groups excluding carboxylic acids is 2. The molecule has 0 aliphatic carbocycles. The predicted octanol–water partition coefficient (Wildman–Crippen LogP) is 2.12. The molecule has 19 heavy (non-hydrogen) atoms. The molecule has 5 heteroatoms. The summed E-state index contributed by atoms with van der Waals surface area (Å²) in [6, 6.07) is 7.52. The Labute approximate surface area is 113 Å². The van der Waals surface area contributed by atoms with Gasteiger partial charge in [-0.3, -0.25) is 4.79 Å². The van der Waals surface area contributed by atoms with E-state index in [0.717, 1.165) is 5.56 Å². The Kier molecular flexibility index (Phi) is 8.87. The first-order valence-corrected chi connectivity index (χ1v) is 5.87. The first-order valence-electron chi connectivity index (χ1n) is 5.87. The fourth-order valence-corrected chi connectivity index (χ4v) is 1.06. The molecular formula is C14H20O5. The summed E-state index contributed by atoms with van der Waals surface area (Å²) < 4.78 is 13.9. The van der Waals surface area contributed by atoms with Gasteiger partial charge in [0.2, 0.25) is 0 Å². The van der Waals surface area contributed by atoms with Crippen LogP contribution < -0.4 is 4.74 Å². The van der Waals surface area contributed by atoms with Crippen molar-refractivity contribution < 1.29 is 23.8 Å². The third kappa shape index (κ3) is 7.81. The summed E-state index contributed by atoms with van der Waals surface area (Å²) in [7, 11) is 2.72. The molecule has 0 heterocycles. The van der Waals surface area contributed by atoms with Crippen LogP contribution in [0.4, 0.5) is 0 Å². The Morgan fingerprint density at radius 3 is 2.05 bits per heavy atom. The number of para-hydroxylation sites is 1. The lowest BCUT2D eigenvalue weighted by Crippen LogP contribution is -2.12. The maximum atomic E-state index is 10.7. The van der Waals surface area contributed by atoms with Crippen molar-refractivity contribution in [3.63, 3.8) is 0 Å². The molecule has 0 spiro atoms. The number of hydrogen-bond donors (Lipinski definition) is 0. The molecule has 0 aliphatic rings. The molecule has 0 amide bonds. The Morgan fingerprint density at radius 2 is 1.63 bits per heavy atom. The molecule has 0 aliphatic heterocycles. The van der Waals surface area contributed by atoms with Crippen molar-refractivity contribution in [2.24, 2.45) is 0 Å². The normalized spacial score (nSPS) is 8.84. The summed E-state index contributed by atoms with van der Waals surface area (Å²) in [5.74, 6) is 0.186. The number of rotatable bonds is 4. The summed E-state index contributed by atoms with van der Waals surface area (Å²) in [4.78, 5) is 20.7. The van der Waals surface area contributed by atoms with Crippen LogP contribution in [0.5, 0.6) is 5.75 Å². The SMILES string of the molecule is CCC(=O)OC.COC(=O)COc1ccccc1C. The first kappa shape index (κ1) is 17.0. The van der Waals surface area contributed by atoms with Crippen LogP contribution in [0.15, 0.2) is 24.3 Å². The molecule has 0 aromatic heterocycles. The smallest absolute Gasteiger partial charge is 0.343 e. The molecule has 106 valence electrons. The van der Waals surface area contributed by atoms with Crippen molar-refractivity contribution in [1.82, 2.24) is 0 Å². The number of aryl methyl sites for hydroxylation is 1. The molecule has 1 aromatic carbocycles. The molecule has 0 unspecified atom stereocenters. The molecular weight excluding hydrogens is 248 g/mol. The van der Waals surface area contributed by atoms with Gasteiger partial charge in [-0.1, -0.05) is 25.1 Å². The van der Waals surface area contributed by atoms with Gasteiger partial charge in [0.05, 0.1) is 14.2 Å². The van der Waals surface area contributed by atoms with Crippen molar-refractivity contribution in [3.8, 4) is 5.75 Å². The topological polar surface area (TPSA) is 61.8 Å². The van der Waals surface area contributed by atoms with Gasteiger partial charge in [-0.25, -0.2) is 4.79 Å². The zero-order chi connectivity index (χ0) is 14.7. The van der Waals surface area contributed by atoms with Gasteiger partial charge in [0.15, 0.2) is 6.61 Å². The molecule has 0 bridgehead atoms. The Bertz CT molecular complexity index is 395. The Balaban J connectivity index is 0.000000459. The molecule has 0 radical (unpaired) electrons. The number of ether oxygens (including phenoxy) is 3. The van der Waals surface area contributed by atoms with Gasteiger partial charge >= 0.3 is 11.9 Å². The maximum absolute atomic E-state index is 10.7. The molecule has 0 saturated carbocycles. The van der Waals surface area contributed by atoms with Gasteiger partial charge in [0.1, 0.15) is 5.75 Å². The largest absolute Gasteiger partial charge is 0.482 e. The second kappa shape index (κ2) is 9.94. The van der Waals surface area contributed by atoms with Crippen LogP contribution in [0, 0.1) is 6.92 Å². The van der Waals surface area contributed by atoms with E-state index in [2.05, 4.69) is 9.47 Å². The summed E-state index contributed by atoms with van der Waals surface area (Å²) in [6.45, 7) is 3.64. The highest BCUT2D eigenvalue weighted by molar-refractivity contribution is 5.70. The number of hydrogen-bond acceptors (Lipinski definition) is 5. The predicted molar refractivity (Wildman–Crippen MR) is 71.0 cm³/mol. The van der Waals surface area contributed by atoms with Crippen LogP contribution in [-0.2, 0) is 19.1 Å². The van der Waals surface area contributed by atoms with E-state index in [1.165, 1.54) is 14.2 Å². The van der Waals surface area contributed by atoms with E-state index in [0.29, 0.717) is 12.2 Å². The summed E-state index contributed by atoms with van der Waals surface area (Å²) in [6.07, 6.45) is 0.469. The van der Waals surface area contributed by atoms with Crippen LogP contribution >= 0.6 is 0 Å². The number of methoxy groups -OCH3 is 2. The van der Waals surface area contributed by atoms with Crippen LogP contribution in [0.2, 0.25) is 0 Å². The van der Waals surface area contributed by atoms with Gasteiger partial charge in [-0.05, 0) is 18.6 Å². The first-order chi connectivity index (χ1) is 9.04. The third-order valence-corrected chi connectivity index (χ3v) is 2.18. The van der Waals surface area contributed by atoms with E-state index in [1.54, 1.807) is 6.92 Å². The maximum Gasteiger partial charge on any atom is 0.343 e. The molecule has 1 aromatic rings. The van der Waals surface area contributed by atoms with E-state index in [1.807, 2.05) is 31.2 Å². The van der Waals surface area contributed by atoms with E-state index < -0.39 is 0 Å². The van der Waals surface area contributed by atoms with E-state index >= 15 is 0 Å². The molecule has 1 rings (SSSR count). The second-order valence-electron chi connectivity index (χ2n) is 3.56. The van der Waals surface area contributed by atoms with Gasteiger partial charge in [0.25, 0.3) is 0 Å².